The summed E-state index contributed by atoms with van der Waals surface area (Å²) in [6.45, 7) is 0.767. The molecule has 0 unspecified atom stereocenters. The number of nitrogens with zero attached hydrogens (tertiary/aromatic N) is 3. The van der Waals surface area contributed by atoms with Gasteiger partial charge in [0.15, 0.2) is 0 Å². The van der Waals surface area contributed by atoms with Gasteiger partial charge in [-0.25, -0.2) is 4.98 Å². The molecule has 1 saturated heterocycles. The number of H-pyrrole nitrogens is 1. The first kappa shape index (κ1) is 15.9. The Morgan fingerprint density at radius 3 is 3.00 bits per heavy atom. The lowest BCUT2D eigenvalue weighted by Crippen LogP contribution is -2.49. The molecule has 1 aromatic carbocycles. The minimum atomic E-state index is -0.0494. The summed E-state index contributed by atoms with van der Waals surface area (Å²) < 4.78 is 2.00. The van der Waals surface area contributed by atoms with E-state index in [4.69, 9.17) is 0 Å². The molecule has 6 heteroatoms. The number of nitrogens with one attached hydrogen (secondary N) is 2. The van der Waals surface area contributed by atoms with Crippen LogP contribution < -0.4 is 5.32 Å². The van der Waals surface area contributed by atoms with Crippen LogP contribution >= 0.6 is 0 Å². The molecule has 1 amide bonds. The smallest absolute Gasteiger partial charge is 0.223 e. The highest BCUT2D eigenvalue weighted by atomic mass is 16.2. The maximum atomic E-state index is 12.2. The van der Waals surface area contributed by atoms with E-state index in [1.54, 1.807) is 6.20 Å². The Bertz CT molecular complexity index is 896. The number of imidazole rings is 1. The van der Waals surface area contributed by atoms with Crippen LogP contribution in [0.5, 0.6) is 0 Å². The quantitative estimate of drug-likeness (QED) is 0.768. The van der Waals surface area contributed by atoms with Crippen LogP contribution in [-0.2, 0) is 18.4 Å². The summed E-state index contributed by atoms with van der Waals surface area (Å²) in [7, 11) is 3.86. The molecule has 0 spiro atoms. The van der Waals surface area contributed by atoms with Crippen LogP contribution in [0.1, 0.15) is 30.3 Å². The Morgan fingerprint density at radius 1 is 1.32 bits per heavy atom. The summed E-state index contributed by atoms with van der Waals surface area (Å²) in [4.78, 5) is 21.8. The van der Waals surface area contributed by atoms with Gasteiger partial charge in [-0.2, -0.15) is 0 Å². The fourth-order valence-electron chi connectivity index (χ4n) is 3.81. The lowest BCUT2D eigenvalue weighted by atomic mass is 9.94. The fourth-order valence-corrected chi connectivity index (χ4v) is 3.81. The summed E-state index contributed by atoms with van der Waals surface area (Å²) in [5.41, 5.74) is 2.41. The van der Waals surface area contributed by atoms with E-state index >= 15 is 0 Å². The van der Waals surface area contributed by atoms with Crippen molar-refractivity contribution in [3.63, 3.8) is 0 Å². The molecule has 25 heavy (non-hydrogen) atoms. The number of aromatic nitrogens is 3. The Labute approximate surface area is 146 Å². The number of amides is 1. The van der Waals surface area contributed by atoms with Crippen molar-refractivity contribution in [2.45, 2.75) is 31.5 Å². The molecule has 0 radical (unpaired) electrons. The number of carbonyl (C=O) groups is 1. The summed E-state index contributed by atoms with van der Waals surface area (Å²) in [6, 6.07) is 8.55. The van der Waals surface area contributed by atoms with Crippen LogP contribution in [0.3, 0.4) is 0 Å². The van der Waals surface area contributed by atoms with E-state index in [0.29, 0.717) is 6.42 Å². The molecule has 1 aliphatic heterocycles. The van der Waals surface area contributed by atoms with Crippen molar-refractivity contribution in [3.05, 3.63) is 54.2 Å². The Balaban J connectivity index is 1.58. The van der Waals surface area contributed by atoms with E-state index in [0.717, 1.165) is 24.3 Å². The van der Waals surface area contributed by atoms with E-state index in [1.165, 1.54) is 10.9 Å². The first-order valence-corrected chi connectivity index (χ1v) is 8.66. The van der Waals surface area contributed by atoms with Crippen LogP contribution in [0.2, 0.25) is 0 Å². The molecule has 0 aliphatic carbocycles. The third kappa shape index (κ3) is 2.82. The third-order valence-electron chi connectivity index (χ3n) is 5.22. The number of hydrogen-bond donors (Lipinski definition) is 2. The van der Waals surface area contributed by atoms with E-state index in [9.17, 15) is 4.79 Å². The van der Waals surface area contributed by atoms with Gasteiger partial charge in [0.25, 0.3) is 0 Å². The second kappa shape index (κ2) is 6.37. The fraction of sp³-hybridized carbons (Fsp3) is 0.368. The number of likely N-dealkylation sites (N-methyl/N-ethyl adjacent to an activating group) is 1. The zero-order chi connectivity index (χ0) is 17.4. The van der Waals surface area contributed by atoms with Gasteiger partial charge in [-0.05, 0) is 24.1 Å². The van der Waals surface area contributed by atoms with Crippen molar-refractivity contribution >= 4 is 16.8 Å². The van der Waals surface area contributed by atoms with Crippen LogP contribution in [-0.4, -0.2) is 38.4 Å². The normalized spacial score (nSPS) is 21.2. The molecule has 2 N–H and O–H groups in total. The second-order valence-corrected chi connectivity index (χ2v) is 6.73. The predicted molar refractivity (Wildman–Crippen MR) is 96.9 cm³/mol. The van der Waals surface area contributed by atoms with Gasteiger partial charge in [0.2, 0.25) is 5.91 Å². The van der Waals surface area contributed by atoms with E-state index in [1.807, 2.05) is 36.0 Å². The molecule has 130 valence electrons. The molecule has 4 rings (SSSR count). The molecule has 2 aromatic heterocycles. The summed E-state index contributed by atoms with van der Waals surface area (Å²) in [5, 5.41) is 4.91. The number of aryl methyl sites for hydroxylation is 1. The van der Waals surface area contributed by atoms with Gasteiger partial charge >= 0.3 is 0 Å². The van der Waals surface area contributed by atoms with Crippen LogP contribution in [0.15, 0.2) is 42.9 Å². The Hall–Kier alpha value is -2.60. The lowest BCUT2D eigenvalue weighted by Gasteiger charge is -2.39. The number of benzene rings is 1. The number of rotatable bonds is 4. The average Bonchev–Trinajstić information content (AvgIpc) is 3.25. The van der Waals surface area contributed by atoms with E-state index < -0.39 is 0 Å². The summed E-state index contributed by atoms with van der Waals surface area (Å²) in [6.07, 6.45) is 7.09. The molecular weight excluding hydrogens is 314 g/mol. The molecule has 1 fully saturated rings. The van der Waals surface area contributed by atoms with Gasteiger partial charge < -0.3 is 19.8 Å². The molecule has 1 aliphatic rings. The van der Waals surface area contributed by atoms with Gasteiger partial charge in [0.1, 0.15) is 11.9 Å². The van der Waals surface area contributed by atoms with Crippen LogP contribution in [0.4, 0.5) is 0 Å². The first-order chi connectivity index (χ1) is 12.1. The van der Waals surface area contributed by atoms with E-state index in [-0.39, 0.29) is 18.0 Å². The zero-order valence-electron chi connectivity index (χ0n) is 14.6. The minimum Gasteiger partial charge on any atom is -0.361 e. The maximum absolute atomic E-state index is 12.2. The van der Waals surface area contributed by atoms with Crippen LogP contribution in [0.25, 0.3) is 10.9 Å². The van der Waals surface area contributed by atoms with Gasteiger partial charge in [0.05, 0.1) is 0 Å². The first-order valence-electron chi connectivity index (χ1n) is 8.66. The number of piperidine rings is 1. The number of aromatic amines is 1. The molecule has 6 nitrogen and oxygen atoms in total. The van der Waals surface area contributed by atoms with Crippen LogP contribution in [0, 0.1) is 0 Å². The second-order valence-electron chi connectivity index (χ2n) is 6.73. The van der Waals surface area contributed by atoms with Gasteiger partial charge in [-0.15, -0.1) is 0 Å². The number of carbonyl (C=O) groups excluding carboxylic acids is 1. The van der Waals surface area contributed by atoms with Gasteiger partial charge in [0, 0.05) is 62.6 Å². The van der Waals surface area contributed by atoms with Crippen molar-refractivity contribution in [1.29, 1.82) is 0 Å². The summed E-state index contributed by atoms with van der Waals surface area (Å²) in [5.74, 6) is 1.10. The molecular formula is C19H23N5O. The third-order valence-corrected chi connectivity index (χ3v) is 5.22. The number of fused-ring (bicyclic) bond motifs is 1. The Morgan fingerprint density at radius 2 is 2.20 bits per heavy atom. The molecule has 3 aromatic rings. The van der Waals surface area contributed by atoms with Crippen molar-refractivity contribution in [2.75, 3.05) is 7.05 Å². The Kier molecular flexibility index (Phi) is 4.05. The minimum absolute atomic E-state index is 0.0494. The average molecular weight is 337 g/mol. The van der Waals surface area contributed by atoms with Crippen molar-refractivity contribution < 1.29 is 4.79 Å². The van der Waals surface area contributed by atoms with Gasteiger partial charge in [-0.1, -0.05) is 12.1 Å². The lowest BCUT2D eigenvalue weighted by molar-refractivity contribution is -0.136. The van der Waals surface area contributed by atoms with E-state index in [2.05, 4.69) is 39.6 Å². The highest BCUT2D eigenvalue weighted by molar-refractivity contribution is 5.82. The van der Waals surface area contributed by atoms with Crippen molar-refractivity contribution in [2.24, 2.45) is 7.05 Å². The number of likely N-dealkylation sites (tertiary alicyclic amines) is 1. The molecule has 0 bridgehead atoms. The maximum Gasteiger partial charge on any atom is 0.223 e. The topological polar surface area (TPSA) is 66.0 Å². The monoisotopic (exact) mass is 337 g/mol. The van der Waals surface area contributed by atoms with Gasteiger partial charge in [-0.3, -0.25) is 4.79 Å². The SMILES string of the molecule is CN1C(=O)CC[C@@H](NCc2cccc3[nH]ccc23)[C@@H]1c1nccn1C. The summed E-state index contributed by atoms with van der Waals surface area (Å²) >= 11 is 0. The van der Waals surface area contributed by atoms with Crippen molar-refractivity contribution in [3.8, 4) is 0 Å². The predicted octanol–water partition coefficient (Wildman–Crippen LogP) is 2.35. The highest BCUT2D eigenvalue weighted by Gasteiger charge is 2.36. The highest BCUT2D eigenvalue weighted by Crippen LogP contribution is 2.30. The molecule has 0 saturated carbocycles. The van der Waals surface area contributed by atoms with Crippen molar-refractivity contribution in [1.82, 2.24) is 24.8 Å². The largest absolute Gasteiger partial charge is 0.361 e. The molecule has 3 heterocycles. The molecule has 2 atom stereocenters. The number of hydrogen-bond acceptors (Lipinski definition) is 3. The zero-order valence-corrected chi connectivity index (χ0v) is 14.6. The standard InChI is InChI=1S/C19H23N5O/c1-23-11-10-21-19(23)18-16(6-7-17(25)24(18)2)22-12-13-4-3-5-15-14(13)8-9-20-15/h3-5,8-11,16,18,20,22H,6-7,12H2,1-2H3/t16-,18-/m1/s1.